The molecule has 10 heavy (non-hydrogen) atoms. The van der Waals surface area contributed by atoms with E-state index >= 15 is 0 Å². The van der Waals surface area contributed by atoms with Gasteiger partial charge in [0.05, 0.1) is 5.00 Å². The van der Waals surface area contributed by atoms with Gasteiger partial charge in [-0.3, -0.25) is 0 Å². The molecule has 1 aliphatic rings. The molecule has 0 atom stereocenters. The summed E-state index contributed by atoms with van der Waals surface area (Å²) in [5, 5.41) is 0.993. The monoisotopic (exact) mass is 153 g/mol. The van der Waals surface area contributed by atoms with Crippen LogP contribution < -0.4 is 5.73 Å². The fraction of sp³-hybridized carbons (Fsp3) is 0.500. The van der Waals surface area contributed by atoms with Crippen LogP contribution in [0.3, 0.4) is 0 Å². The Hall–Kier alpha value is -0.500. The van der Waals surface area contributed by atoms with Crippen LogP contribution in [0.15, 0.2) is 6.07 Å². The van der Waals surface area contributed by atoms with E-state index in [1.54, 1.807) is 11.3 Å². The highest BCUT2D eigenvalue weighted by molar-refractivity contribution is 7.16. The number of anilines is 1. The van der Waals surface area contributed by atoms with Crippen molar-refractivity contribution < 1.29 is 0 Å². The molecule has 0 aliphatic heterocycles. The standard InChI is InChI=1S/C8H11NS/c9-8-5-6-3-1-2-4-7(6)10-8/h5H,1-4,9H2. The van der Waals surface area contributed by atoms with Gasteiger partial charge in [-0.15, -0.1) is 11.3 Å². The van der Waals surface area contributed by atoms with Crippen LogP contribution in [0.1, 0.15) is 23.3 Å². The first-order valence-corrected chi connectivity index (χ1v) is 4.55. The summed E-state index contributed by atoms with van der Waals surface area (Å²) < 4.78 is 0. The van der Waals surface area contributed by atoms with Crippen LogP contribution in [0.5, 0.6) is 0 Å². The van der Waals surface area contributed by atoms with E-state index in [1.165, 1.54) is 36.1 Å². The highest BCUT2D eigenvalue weighted by Gasteiger charge is 2.11. The van der Waals surface area contributed by atoms with Crippen molar-refractivity contribution in [3.8, 4) is 0 Å². The molecular weight excluding hydrogens is 142 g/mol. The molecule has 1 aromatic rings. The van der Waals surface area contributed by atoms with Crippen molar-refractivity contribution in [1.29, 1.82) is 0 Å². The molecule has 0 saturated heterocycles. The van der Waals surface area contributed by atoms with E-state index in [0.29, 0.717) is 0 Å². The van der Waals surface area contributed by atoms with Crippen molar-refractivity contribution in [2.24, 2.45) is 0 Å². The van der Waals surface area contributed by atoms with E-state index in [2.05, 4.69) is 6.07 Å². The average molecular weight is 153 g/mol. The molecule has 1 aliphatic carbocycles. The number of nitrogens with two attached hydrogens (primary N) is 1. The highest BCUT2D eigenvalue weighted by Crippen LogP contribution is 2.30. The SMILES string of the molecule is Nc1cc2c(s1)CCCC2. The molecule has 0 amide bonds. The van der Waals surface area contributed by atoms with Crippen molar-refractivity contribution in [3.05, 3.63) is 16.5 Å². The minimum Gasteiger partial charge on any atom is -0.391 e. The lowest BCUT2D eigenvalue weighted by Gasteiger charge is -2.08. The zero-order valence-corrected chi connectivity index (χ0v) is 6.71. The van der Waals surface area contributed by atoms with E-state index in [-0.39, 0.29) is 0 Å². The lowest BCUT2D eigenvalue weighted by molar-refractivity contribution is 0.697. The van der Waals surface area contributed by atoms with E-state index in [4.69, 9.17) is 5.73 Å². The smallest absolute Gasteiger partial charge is 0.0862 e. The Labute approximate surface area is 64.9 Å². The quantitative estimate of drug-likeness (QED) is 0.607. The summed E-state index contributed by atoms with van der Waals surface area (Å²) in [5.41, 5.74) is 7.18. The number of hydrogen-bond acceptors (Lipinski definition) is 2. The maximum atomic E-state index is 5.68. The maximum absolute atomic E-state index is 5.68. The lowest BCUT2D eigenvalue weighted by Crippen LogP contribution is -1.96. The number of hydrogen-bond donors (Lipinski definition) is 1. The molecule has 2 heteroatoms. The van der Waals surface area contributed by atoms with Crippen LogP contribution in [0, 0.1) is 0 Å². The summed E-state index contributed by atoms with van der Waals surface area (Å²) in [7, 11) is 0. The van der Waals surface area contributed by atoms with Crippen molar-refractivity contribution in [2.75, 3.05) is 5.73 Å². The zero-order chi connectivity index (χ0) is 6.97. The average Bonchev–Trinajstić information content (AvgIpc) is 2.27. The molecule has 0 radical (unpaired) electrons. The number of nitrogen functional groups attached to an aromatic ring is 1. The molecular formula is C8H11NS. The third kappa shape index (κ3) is 0.926. The van der Waals surface area contributed by atoms with Gasteiger partial charge in [0.1, 0.15) is 0 Å². The van der Waals surface area contributed by atoms with Crippen LogP contribution in [-0.2, 0) is 12.8 Å². The summed E-state index contributed by atoms with van der Waals surface area (Å²) in [6.07, 6.45) is 5.22. The van der Waals surface area contributed by atoms with E-state index in [0.717, 1.165) is 5.00 Å². The minimum absolute atomic E-state index is 0.993. The Balaban J connectivity index is 2.41. The predicted molar refractivity (Wildman–Crippen MR) is 45.4 cm³/mol. The van der Waals surface area contributed by atoms with Crippen molar-refractivity contribution >= 4 is 16.3 Å². The highest BCUT2D eigenvalue weighted by atomic mass is 32.1. The molecule has 2 N–H and O–H groups in total. The molecule has 54 valence electrons. The van der Waals surface area contributed by atoms with E-state index in [1.807, 2.05) is 0 Å². The normalized spacial score (nSPS) is 16.8. The number of aryl methyl sites for hydroxylation is 2. The molecule has 0 spiro atoms. The van der Waals surface area contributed by atoms with Gasteiger partial charge in [-0.2, -0.15) is 0 Å². The summed E-state index contributed by atoms with van der Waals surface area (Å²) >= 11 is 1.77. The van der Waals surface area contributed by atoms with Gasteiger partial charge in [0.2, 0.25) is 0 Å². The summed E-state index contributed by atoms with van der Waals surface area (Å²) in [6, 6.07) is 2.14. The van der Waals surface area contributed by atoms with Gasteiger partial charge in [0.15, 0.2) is 0 Å². The molecule has 1 aromatic heterocycles. The van der Waals surface area contributed by atoms with Crippen LogP contribution >= 0.6 is 11.3 Å². The zero-order valence-electron chi connectivity index (χ0n) is 5.89. The Morgan fingerprint density at radius 2 is 2.10 bits per heavy atom. The fourth-order valence-corrected chi connectivity index (χ4v) is 2.54. The molecule has 0 aromatic carbocycles. The molecule has 1 nitrogen and oxygen atoms in total. The van der Waals surface area contributed by atoms with Gasteiger partial charge >= 0.3 is 0 Å². The van der Waals surface area contributed by atoms with Gasteiger partial charge in [-0.25, -0.2) is 0 Å². The maximum Gasteiger partial charge on any atom is 0.0862 e. The molecule has 0 saturated carbocycles. The van der Waals surface area contributed by atoms with Crippen LogP contribution in [0.25, 0.3) is 0 Å². The third-order valence-corrected chi connectivity index (χ3v) is 3.08. The topological polar surface area (TPSA) is 26.0 Å². The predicted octanol–water partition coefficient (Wildman–Crippen LogP) is 2.21. The van der Waals surface area contributed by atoms with Crippen LogP contribution in [0.4, 0.5) is 5.00 Å². The van der Waals surface area contributed by atoms with E-state index < -0.39 is 0 Å². The van der Waals surface area contributed by atoms with E-state index in [9.17, 15) is 0 Å². The second-order valence-electron chi connectivity index (χ2n) is 2.80. The minimum atomic E-state index is 0.993. The van der Waals surface area contributed by atoms with Crippen LogP contribution in [-0.4, -0.2) is 0 Å². The number of fused-ring (bicyclic) bond motifs is 1. The summed E-state index contributed by atoms with van der Waals surface area (Å²) in [5.74, 6) is 0. The van der Waals surface area contributed by atoms with Gasteiger partial charge in [0, 0.05) is 4.88 Å². The molecule has 1 heterocycles. The van der Waals surface area contributed by atoms with Gasteiger partial charge in [-0.1, -0.05) is 0 Å². The Morgan fingerprint density at radius 3 is 2.90 bits per heavy atom. The first kappa shape index (κ1) is 6.23. The molecule has 2 rings (SSSR count). The number of thiophene rings is 1. The third-order valence-electron chi connectivity index (χ3n) is 2.02. The lowest BCUT2D eigenvalue weighted by atomic mass is 10.00. The first-order valence-electron chi connectivity index (χ1n) is 3.73. The summed E-state index contributed by atoms with van der Waals surface area (Å²) in [6.45, 7) is 0. The second-order valence-corrected chi connectivity index (χ2v) is 3.97. The van der Waals surface area contributed by atoms with Gasteiger partial charge in [0.25, 0.3) is 0 Å². The largest absolute Gasteiger partial charge is 0.391 e. The van der Waals surface area contributed by atoms with Crippen molar-refractivity contribution in [3.63, 3.8) is 0 Å². The Kier molecular flexibility index (Phi) is 1.42. The van der Waals surface area contributed by atoms with Crippen molar-refractivity contribution in [2.45, 2.75) is 25.7 Å². The molecule has 0 fully saturated rings. The Bertz CT molecular complexity index is 216. The second kappa shape index (κ2) is 2.27. The number of rotatable bonds is 0. The Morgan fingerprint density at radius 1 is 1.30 bits per heavy atom. The first-order chi connectivity index (χ1) is 4.86. The summed E-state index contributed by atoms with van der Waals surface area (Å²) in [4.78, 5) is 1.53. The van der Waals surface area contributed by atoms with Crippen LogP contribution in [0.2, 0.25) is 0 Å². The van der Waals surface area contributed by atoms with Crippen molar-refractivity contribution in [1.82, 2.24) is 0 Å². The van der Waals surface area contributed by atoms with Gasteiger partial charge in [-0.05, 0) is 37.3 Å². The molecule has 0 unspecified atom stereocenters. The molecule has 0 bridgehead atoms. The van der Waals surface area contributed by atoms with Gasteiger partial charge < -0.3 is 5.73 Å². The fourth-order valence-electron chi connectivity index (χ4n) is 1.51.